The Morgan fingerprint density at radius 3 is 2.31 bits per heavy atom. The number of rotatable bonds is 5. The van der Waals surface area contributed by atoms with E-state index in [1.54, 1.807) is 12.1 Å². The Bertz CT molecular complexity index is 890. The van der Waals surface area contributed by atoms with Gasteiger partial charge in [0.25, 0.3) is 5.91 Å². The van der Waals surface area contributed by atoms with Crippen LogP contribution < -0.4 is 4.90 Å². The van der Waals surface area contributed by atoms with Crippen molar-refractivity contribution in [2.45, 2.75) is 6.04 Å². The van der Waals surface area contributed by atoms with Crippen LogP contribution in [0.1, 0.15) is 5.56 Å². The lowest BCUT2D eigenvalue weighted by atomic mass is 10.1. The number of halogens is 1. The van der Waals surface area contributed by atoms with E-state index in [0.29, 0.717) is 12.2 Å². The molecule has 4 rings (SSSR count). The number of anilines is 1. The standard InChI is InChI=1S/C23H24FN3O2/c24-19-8-10-20(11-9-19)27-17-21(22(28)23(27)29)26-15-13-25(14-16-26)12-4-7-18-5-2-1-3-6-18/h1-11,21H,12-17H2. The lowest BCUT2D eigenvalue weighted by Gasteiger charge is -2.36. The molecule has 0 radical (unpaired) electrons. The third kappa shape index (κ3) is 4.44. The summed E-state index contributed by atoms with van der Waals surface area (Å²) in [6.07, 6.45) is 4.28. The van der Waals surface area contributed by atoms with Crippen molar-refractivity contribution in [3.63, 3.8) is 0 Å². The van der Waals surface area contributed by atoms with Crippen molar-refractivity contribution in [1.29, 1.82) is 0 Å². The highest BCUT2D eigenvalue weighted by Crippen LogP contribution is 2.23. The fraction of sp³-hybridized carbons (Fsp3) is 0.304. The SMILES string of the molecule is O=C1C(=O)N(c2ccc(F)cc2)CC1N1CCN(CC=Cc2ccccc2)CC1. The number of ketones is 1. The predicted octanol–water partition coefficient (Wildman–Crippen LogP) is 2.44. The number of benzene rings is 2. The molecule has 6 heteroatoms. The minimum atomic E-state index is -0.505. The van der Waals surface area contributed by atoms with Gasteiger partial charge in [-0.15, -0.1) is 0 Å². The maximum Gasteiger partial charge on any atom is 0.296 e. The summed E-state index contributed by atoms with van der Waals surface area (Å²) >= 11 is 0. The van der Waals surface area contributed by atoms with Gasteiger partial charge in [-0.2, -0.15) is 0 Å². The van der Waals surface area contributed by atoms with Gasteiger partial charge >= 0.3 is 0 Å². The van der Waals surface area contributed by atoms with E-state index >= 15 is 0 Å². The van der Waals surface area contributed by atoms with Crippen molar-refractivity contribution in [2.24, 2.45) is 0 Å². The number of hydrogen-bond donors (Lipinski definition) is 0. The van der Waals surface area contributed by atoms with Gasteiger partial charge in [-0.25, -0.2) is 4.39 Å². The Balaban J connectivity index is 1.31. The summed E-state index contributed by atoms with van der Waals surface area (Å²) in [4.78, 5) is 30.9. The number of piperazine rings is 1. The summed E-state index contributed by atoms with van der Waals surface area (Å²) in [5, 5.41) is 0. The van der Waals surface area contributed by atoms with Crippen LogP contribution in [-0.4, -0.2) is 66.8 Å². The monoisotopic (exact) mass is 393 g/mol. The molecule has 2 aromatic rings. The molecule has 2 aliphatic heterocycles. The van der Waals surface area contributed by atoms with Crippen LogP contribution in [0.15, 0.2) is 60.7 Å². The predicted molar refractivity (Wildman–Crippen MR) is 111 cm³/mol. The second-order valence-electron chi connectivity index (χ2n) is 7.42. The molecule has 29 heavy (non-hydrogen) atoms. The molecule has 0 aliphatic carbocycles. The Labute approximate surface area is 170 Å². The summed E-state index contributed by atoms with van der Waals surface area (Å²) in [5.41, 5.74) is 1.75. The van der Waals surface area contributed by atoms with E-state index in [4.69, 9.17) is 0 Å². The van der Waals surface area contributed by atoms with Crippen LogP contribution in [0.5, 0.6) is 0 Å². The maximum absolute atomic E-state index is 13.1. The first-order valence-electron chi connectivity index (χ1n) is 9.91. The van der Waals surface area contributed by atoms with Crippen molar-refractivity contribution in [3.8, 4) is 0 Å². The van der Waals surface area contributed by atoms with E-state index in [2.05, 4.69) is 34.1 Å². The first kappa shape index (κ1) is 19.5. The quantitative estimate of drug-likeness (QED) is 0.732. The number of carbonyl (C=O) groups is 2. The summed E-state index contributed by atoms with van der Waals surface area (Å²) in [6, 6.07) is 15.5. The molecule has 1 unspecified atom stereocenters. The molecule has 2 aliphatic rings. The maximum atomic E-state index is 13.1. The van der Waals surface area contributed by atoms with E-state index in [9.17, 15) is 14.0 Å². The zero-order valence-electron chi connectivity index (χ0n) is 16.2. The van der Waals surface area contributed by atoms with Gasteiger partial charge in [0.15, 0.2) is 0 Å². The van der Waals surface area contributed by atoms with Crippen molar-refractivity contribution in [2.75, 3.05) is 44.2 Å². The van der Waals surface area contributed by atoms with Gasteiger partial charge in [0.1, 0.15) is 5.82 Å². The minimum Gasteiger partial charge on any atom is -0.304 e. The van der Waals surface area contributed by atoms with Crippen LogP contribution in [0.3, 0.4) is 0 Å². The zero-order chi connectivity index (χ0) is 20.2. The lowest BCUT2D eigenvalue weighted by Crippen LogP contribution is -2.52. The second kappa shape index (κ2) is 8.68. The average Bonchev–Trinajstić information content (AvgIpc) is 3.05. The highest BCUT2D eigenvalue weighted by molar-refractivity contribution is 6.45. The van der Waals surface area contributed by atoms with Gasteiger partial charge in [0.05, 0.1) is 6.04 Å². The first-order valence-corrected chi connectivity index (χ1v) is 9.91. The van der Waals surface area contributed by atoms with Crippen LogP contribution >= 0.6 is 0 Å². The first-order chi connectivity index (χ1) is 14.1. The summed E-state index contributed by atoms with van der Waals surface area (Å²) in [7, 11) is 0. The molecule has 0 bridgehead atoms. The molecule has 150 valence electrons. The van der Waals surface area contributed by atoms with Crippen molar-refractivity contribution in [3.05, 3.63) is 72.1 Å². The van der Waals surface area contributed by atoms with E-state index in [-0.39, 0.29) is 11.6 Å². The van der Waals surface area contributed by atoms with Crippen LogP contribution in [0, 0.1) is 5.82 Å². The largest absolute Gasteiger partial charge is 0.304 e. The average molecular weight is 393 g/mol. The van der Waals surface area contributed by atoms with Gasteiger partial charge in [0.2, 0.25) is 5.78 Å². The highest BCUT2D eigenvalue weighted by atomic mass is 19.1. The molecule has 5 nitrogen and oxygen atoms in total. The molecule has 1 amide bonds. The number of Topliss-reactive ketones (excluding diaryl/α,β-unsaturated/α-hetero) is 1. The molecular formula is C23H24FN3O2. The number of nitrogens with zero attached hydrogens (tertiary/aromatic N) is 3. The molecular weight excluding hydrogens is 369 g/mol. The van der Waals surface area contributed by atoms with E-state index in [1.807, 2.05) is 18.2 Å². The minimum absolute atomic E-state index is 0.331. The lowest BCUT2D eigenvalue weighted by molar-refractivity contribution is -0.136. The zero-order valence-corrected chi connectivity index (χ0v) is 16.2. The molecule has 0 aromatic heterocycles. The van der Waals surface area contributed by atoms with E-state index in [1.165, 1.54) is 22.6 Å². The van der Waals surface area contributed by atoms with Gasteiger partial charge < -0.3 is 4.90 Å². The molecule has 0 N–H and O–H groups in total. The summed E-state index contributed by atoms with van der Waals surface area (Å²) in [5.74, 6) is -1.23. The van der Waals surface area contributed by atoms with E-state index in [0.717, 1.165) is 32.7 Å². The van der Waals surface area contributed by atoms with Crippen molar-refractivity contribution < 1.29 is 14.0 Å². The second-order valence-corrected chi connectivity index (χ2v) is 7.42. The fourth-order valence-corrected chi connectivity index (χ4v) is 3.90. The van der Waals surface area contributed by atoms with Gasteiger partial charge in [-0.05, 0) is 29.8 Å². The van der Waals surface area contributed by atoms with Gasteiger partial charge in [0, 0.05) is 45.0 Å². The Hall–Kier alpha value is -2.83. The summed E-state index contributed by atoms with van der Waals surface area (Å²) < 4.78 is 13.1. The highest BCUT2D eigenvalue weighted by Gasteiger charge is 2.43. The molecule has 0 saturated carbocycles. The molecule has 2 aromatic carbocycles. The fourth-order valence-electron chi connectivity index (χ4n) is 3.90. The Morgan fingerprint density at radius 1 is 0.931 bits per heavy atom. The molecule has 2 saturated heterocycles. The van der Waals surface area contributed by atoms with E-state index < -0.39 is 11.9 Å². The molecule has 2 heterocycles. The number of amides is 1. The topological polar surface area (TPSA) is 43.9 Å². The van der Waals surface area contributed by atoms with Gasteiger partial charge in [-0.1, -0.05) is 42.5 Å². The molecule has 0 spiro atoms. The van der Waals surface area contributed by atoms with Crippen LogP contribution in [-0.2, 0) is 9.59 Å². The van der Waals surface area contributed by atoms with Crippen molar-refractivity contribution >= 4 is 23.5 Å². The van der Waals surface area contributed by atoms with Crippen molar-refractivity contribution in [1.82, 2.24) is 9.80 Å². The van der Waals surface area contributed by atoms with Gasteiger partial charge in [-0.3, -0.25) is 19.4 Å². The third-order valence-electron chi connectivity index (χ3n) is 5.57. The molecule has 2 fully saturated rings. The Kier molecular flexibility index (Phi) is 5.83. The van der Waals surface area contributed by atoms with Crippen LogP contribution in [0.2, 0.25) is 0 Å². The van der Waals surface area contributed by atoms with Crippen LogP contribution in [0.25, 0.3) is 6.08 Å². The van der Waals surface area contributed by atoms with Crippen LogP contribution in [0.4, 0.5) is 10.1 Å². The summed E-state index contributed by atoms with van der Waals surface area (Å²) in [6.45, 7) is 4.40. The number of hydrogen-bond acceptors (Lipinski definition) is 4. The smallest absolute Gasteiger partial charge is 0.296 e. The molecule has 1 atom stereocenters. The normalized spacial score (nSPS) is 21.4. The third-order valence-corrected chi connectivity index (χ3v) is 5.57. The Morgan fingerprint density at radius 2 is 1.62 bits per heavy atom. The number of carbonyl (C=O) groups excluding carboxylic acids is 2.